The van der Waals surface area contributed by atoms with Crippen molar-refractivity contribution < 1.29 is 14.3 Å². The minimum absolute atomic E-state index is 0.269. The molecule has 2 aromatic heterocycles. The van der Waals surface area contributed by atoms with Gasteiger partial charge in [0.25, 0.3) is 0 Å². The van der Waals surface area contributed by atoms with Gasteiger partial charge < -0.3 is 14.8 Å². The molecule has 6 rings (SSSR count). The van der Waals surface area contributed by atoms with Crippen molar-refractivity contribution in [3.8, 4) is 0 Å². The number of aromatic nitrogens is 3. The van der Waals surface area contributed by atoms with Crippen LogP contribution in [-0.2, 0) is 27.5 Å². The number of hydroxylamine groups is 1. The molecule has 2 aliphatic heterocycles. The Bertz CT molecular complexity index is 1200. The van der Waals surface area contributed by atoms with E-state index in [9.17, 15) is 0 Å². The molecule has 184 valence electrons. The van der Waals surface area contributed by atoms with E-state index in [0.717, 1.165) is 80.0 Å². The second-order valence-electron chi connectivity index (χ2n) is 9.88. The number of benzene rings is 1. The molecule has 35 heavy (non-hydrogen) atoms. The van der Waals surface area contributed by atoms with Crippen molar-refractivity contribution in [3.05, 3.63) is 59.9 Å². The quantitative estimate of drug-likeness (QED) is 0.503. The van der Waals surface area contributed by atoms with E-state index >= 15 is 0 Å². The molecule has 0 radical (unpaired) electrons. The van der Waals surface area contributed by atoms with Gasteiger partial charge in [0.15, 0.2) is 5.65 Å². The fraction of sp³-hybridized carbons (Fsp3) is 0.481. The fourth-order valence-corrected chi connectivity index (χ4v) is 5.43. The standard InChI is InChI=1S/C27H33N5O3/c1-2-32-26-23(16-29-32)25(30-21-8-10-33-11-9-21)22(15-28-26)24-14-27(35-31-24)12-20(13-27)18-34-17-19-6-4-3-5-7-19/h3-7,14-16,20-21,31H,2,8-13,17-18H2,1H3,(H,28,30). The number of hydrogen-bond donors (Lipinski definition) is 2. The van der Waals surface area contributed by atoms with Gasteiger partial charge in [-0.25, -0.2) is 9.67 Å². The van der Waals surface area contributed by atoms with Gasteiger partial charge in [-0.05, 0) is 50.2 Å². The first-order valence-corrected chi connectivity index (χ1v) is 12.7. The smallest absolute Gasteiger partial charge is 0.159 e. The first-order chi connectivity index (χ1) is 17.2. The lowest BCUT2D eigenvalue weighted by atomic mass is 9.71. The number of anilines is 1. The van der Waals surface area contributed by atoms with E-state index in [-0.39, 0.29) is 5.60 Å². The lowest BCUT2D eigenvalue weighted by Crippen LogP contribution is -2.45. The highest BCUT2D eigenvalue weighted by molar-refractivity contribution is 5.95. The number of aryl methyl sites for hydroxylation is 1. The van der Waals surface area contributed by atoms with Crippen LogP contribution in [0, 0.1) is 5.92 Å². The molecule has 1 aliphatic carbocycles. The summed E-state index contributed by atoms with van der Waals surface area (Å²) < 4.78 is 13.5. The normalized spacial score (nSPS) is 24.4. The summed E-state index contributed by atoms with van der Waals surface area (Å²) in [5, 5.41) is 9.39. The van der Waals surface area contributed by atoms with Crippen LogP contribution in [-0.4, -0.2) is 46.2 Å². The van der Waals surface area contributed by atoms with Gasteiger partial charge in [0.1, 0.15) is 5.60 Å². The molecule has 1 saturated carbocycles. The Kier molecular flexibility index (Phi) is 6.18. The zero-order valence-corrected chi connectivity index (χ0v) is 20.2. The number of nitrogens with zero attached hydrogens (tertiary/aromatic N) is 3. The summed E-state index contributed by atoms with van der Waals surface area (Å²) in [5.74, 6) is 0.499. The SMILES string of the molecule is CCn1ncc2c(NC3CCOCC3)c(C3=CC4(CC(COCc5ccccc5)C4)ON3)cnc21. The summed E-state index contributed by atoms with van der Waals surface area (Å²) in [6.45, 7) is 5.86. The number of rotatable bonds is 8. The van der Waals surface area contributed by atoms with Crippen LogP contribution in [0.1, 0.15) is 43.7 Å². The molecule has 0 bridgehead atoms. The van der Waals surface area contributed by atoms with Gasteiger partial charge in [-0.2, -0.15) is 5.10 Å². The van der Waals surface area contributed by atoms with Crippen molar-refractivity contribution in [2.45, 2.75) is 57.4 Å². The molecule has 1 saturated heterocycles. The highest BCUT2D eigenvalue weighted by Crippen LogP contribution is 2.47. The minimum atomic E-state index is -0.269. The fourth-order valence-electron chi connectivity index (χ4n) is 5.43. The predicted molar refractivity (Wildman–Crippen MR) is 134 cm³/mol. The van der Waals surface area contributed by atoms with Crippen LogP contribution in [0.2, 0.25) is 0 Å². The minimum Gasteiger partial charge on any atom is -0.381 e. The molecule has 3 aromatic rings. The lowest BCUT2D eigenvalue weighted by molar-refractivity contribution is -0.125. The summed E-state index contributed by atoms with van der Waals surface area (Å²) in [4.78, 5) is 10.9. The van der Waals surface area contributed by atoms with Crippen molar-refractivity contribution in [2.24, 2.45) is 5.92 Å². The van der Waals surface area contributed by atoms with E-state index in [1.165, 1.54) is 5.56 Å². The molecule has 4 heterocycles. The van der Waals surface area contributed by atoms with Crippen LogP contribution in [0.15, 0.2) is 48.8 Å². The topological polar surface area (TPSA) is 82.5 Å². The maximum atomic E-state index is 6.13. The van der Waals surface area contributed by atoms with E-state index in [4.69, 9.17) is 19.3 Å². The number of ether oxygens (including phenoxy) is 2. The highest BCUT2D eigenvalue weighted by Gasteiger charge is 2.48. The second-order valence-corrected chi connectivity index (χ2v) is 9.88. The van der Waals surface area contributed by atoms with E-state index in [2.05, 4.69) is 41.0 Å². The van der Waals surface area contributed by atoms with Gasteiger partial charge >= 0.3 is 0 Å². The van der Waals surface area contributed by atoms with Crippen LogP contribution in [0.25, 0.3) is 16.7 Å². The van der Waals surface area contributed by atoms with Crippen LogP contribution in [0.3, 0.4) is 0 Å². The summed E-state index contributed by atoms with van der Waals surface area (Å²) in [5.41, 5.74) is 8.14. The van der Waals surface area contributed by atoms with Crippen LogP contribution >= 0.6 is 0 Å². The molecular formula is C27H33N5O3. The third-order valence-corrected chi connectivity index (χ3v) is 7.33. The van der Waals surface area contributed by atoms with E-state index in [1.807, 2.05) is 35.3 Å². The van der Waals surface area contributed by atoms with Crippen molar-refractivity contribution >= 4 is 22.4 Å². The van der Waals surface area contributed by atoms with Gasteiger partial charge in [-0.15, -0.1) is 0 Å². The number of hydrogen-bond acceptors (Lipinski definition) is 7. The van der Waals surface area contributed by atoms with Crippen LogP contribution in [0.4, 0.5) is 5.69 Å². The molecule has 0 unspecified atom stereocenters. The molecule has 1 aromatic carbocycles. The van der Waals surface area contributed by atoms with Gasteiger partial charge in [-0.1, -0.05) is 30.3 Å². The van der Waals surface area contributed by atoms with E-state index < -0.39 is 0 Å². The first kappa shape index (κ1) is 22.5. The van der Waals surface area contributed by atoms with Crippen LogP contribution < -0.4 is 10.8 Å². The molecule has 8 heteroatoms. The van der Waals surface area contributed by atoms with Gasteiger partial charge in [-0.3, -0.25) is 10.3 Å². The maximum absolute atomic E-state index is 6.13. The van der Waals surface area contributed by atoms with E-state index in [1.54, 1.807) is 0 Å². The van der Waals surface area contributed by atoms with Crippen LogP contribution in [0.5, 0.6) is 0 Å². The molecule has 8 nitrogen and oxygen atoms in total. The third-order valence-electron chi connectivity index (χ3n) is 7.33. The summed E-state index contributed by atoms with van der Waals surface area (Å²) >= 11 is 0. The molecule has 0 atom stereocenters. The Labute approximate surface area is 205 Å². The molecule has 1 spiro atoms. The zero-order valence-electron chi connectivity index (χ0n) is 20.2. The third kappa shape index (κ3) is 4.53. The molecular weight excluding hydrogens is 442 g/mol. The zero-order chi connectivity index (χ0) is 23.7. The monoisotopic (exact) mass is 475 g/mol. The first-order valence-electron chi connectivity index (χ1n) is 12.7. The summed E-state index contributed by atoms with van der Waals surface area (Å²) in [6.07, 6.45) is 9.98. The van der Waals surface area contributed by atoms with Crippen molar-refractivity contribution in [1.82, 2.24) is 20.2 Å². The largest absolute Gasteiger partial charge is 0.381 e. The number of pyridine rings is 1. The average molecular weight is 476 g/mol. The summed E-state index contributed by atoms with van der Waals surface area (Å²) in [6, 6.07) is 10.7. The second kappa shape index (κ2) is 9.60. The summed E-state index contributed by atoms with van der Waals surface area (Å²) in [7, 11) is 0. The Hall–Kier alpha value is -2.94. The van der Waals surface area contributed by atoms with Crippen molar-refractivity contribution in [1.29, 1.82) is 0 Å². The van der Waals surface area contributed by atoms with Crippen molar-refractivity contribution in [2.75, 3.05) is 25.1 Å². The maximum Gasteiger partial charge on any atom is 0.159 e. The predicted octanol–water partition coefficient (Wildman–Crippen LogP) is 4.28. The Morgan fingerprint density at radius 3 is 2.80 bits per heavy atom. The van der Waals surface area contributed by atoms with E-state index in [0.29, 0.717) is 18.6 Å². The number of fused-ring (bicyclic) bond motifs is 1. The Balaban J connectivity index is 1.18. The Morgan fingerprint density at radius 1 is 1.17 bits per heavy atom. The molecule has 2 N–H and O–H groups in total. The van der Waals surface area contributed by atoms with Crippen molar-refractivity contribution in [3.63, 3.8) is 0 Å². The molecule has 0 amide bonds. The molecule has 3 aliphatic rings. The lowest BCUT2D eigenvalue weighted by Gasteiger charge is -2.41. The average Bonchev–Trinajstić information content (AvgIpc) is 3.50. The Morgan fingerprint density at radius 2 is 2.00 bits per heavy atom. The molecule has 2 fully saturated rings. The van der Waals surface area contributed by atoms with Gasteiger partial charge in [0.2, 0.25) is 0 Å². The van der Waals surface area contributed by atoms with Gasteiger partial charge in [0.05, 0.1) is 36.2 Å². The number of nitrogens with one attached hydrogen (secondary N) is 2. The van der Waals surface area contributed by atoms with Gasteiger partial charge in [0, 0.05) is 37.6 Å². The highest BCUT2D eigenvalue weighted by atomic mass is 16.7.